The van der Waals surface area contributed by atoms with Crippen molar-refractivity contribution < 1.29 is 9.50 Å². The lowest BCUT2D eigenvalue weighted by molar-refractivity contribution is 0.476. The Morgan fingerprint density at radius 2 is 2.00 bits per heavy atom. The van der Waals surface area contributed by atoms with Crippen LogP contribution in [-0.4, -0.2) is 14.7 Å². The van der Waals surface area contributed by atoms with Crippen molar-refractivity contribution >= 4 is 11.0 Å². The van der Waals surface area contributed by atoms with Crippen LogP contribution in [0.4, 0.5) is 4.39 Å². The standard InChI is InChI=1S/C17H15FN2O/c1-10-2-7-16(21)13(8-10)17-19-14-6-3-11(18)9-15(14)20(17)12-4-5-12/h2-3,6-9,12,21H,4-5H2,1H3. The molecule has 1 aliphatic rings. The van der Waals surface area contributed by atoms with Gasteiger partial charge in [-0.3, -0.25) is 0 Å². The number of fused-ring (bicyclic) bond motifs is 1. The van der Waals surface area contributed by atoms with Crippen molar-refractivity contribution in [2.75, 3.05) is 0 Å². The normalized spacial score (nSPS) is 14.8. The maximum Gasteiger partial charge on any atom is 0.145 e. The third-order valence-electron chi connectivity index (χ3n) is 3.96. The minimum absolute atomic E-state index is 0.207. The number of hydrogen-bond donors (Lipinski definition) is 1. The van der Waals surface area contributed by atoms with Gasteiger partial charge in [-0.15, -0.1) is 0 Å². The highest BCUT2D eigenvalue weighted by atomic mass is 19.1. The summed E-state index contributed by atoms with van der Waals surface area (Å²) in [5.41, 5.74) is 3.33. The van der Waals surface area contributed by atoms with Crippen molar-refractivity contribution in [1.29, 1.82) is 0 Å². The maximum absolute atomic E-state index is 13.6. The molecule has 4 heteroatoms. The van der Waals surface area contributed by atoms with Gasteiger partial charge in [0.05, 0.1) is 16.6 Å². The molecule has 3 nitrogen and oxygen atoms in total. The number of aromatic nitrogens is 2. The molecule has 0 spiro atoms. The van der Waals surface area contributed by atoms with Crippen LogP contribution in [0.1, 0.15) is 24.4 Å². The predicted octanol–water partition coefficient (Wildman–Crippen LogP) is 4.19. The molecule has 0 aliphatic heterocycles. The van der Waals surface area contributed by atoms with E-state index in [0.717, 1.165) is 35.3 Å². The van der Waals surface area contributed by atoms with Gasteiger partial charge in [-0.2, -0.15) is 0 Å². The molecule has 0 unspecified atom stereocenters. The van der Waals surface area contributed by atoms with Gasteiger partial charge >= 0.3 is 0 Å². The van der Waals surface area contributed by atoms with Crippen molar-refractivity contribution in [2.24, 2.45) is 0 Å². The summed E-state index contributed by atoms with van der Waals surface area (Å²) in [7, 11) is 0. The van der Waals surface area contributed by atoms with Gasteiger partial charge in [0.15, 0.2) is 0 Å². The molecule has 1 saturated carbocycles. The SMILES string of the molecule is Cc1ccc(O)c(-c2nc3ccc(F)cc3n2C2CC2)c1. The quantitative estimate of drug-likeness (QED) is 0.765. The summed E-state index contributed by atoms with van der Waals surface area (Å²) in [6, 6.07) is 10.5. The Labute approximate surface area is 121 Å². The van der Waals surface area contributed by atoms with Crippen LogP contribution in [0.3, 0.4) is 0 Å². The average molecular weight is 282 g/mol. The fourth-order valence-corrected chi connectivity index (χ4v) is 2.79. The van der Waals surface area contributed by atoms with E-state index in [2.05, 4.69) is 9.55 Å². The summed E-state index contributed by atoms with van der Waals surface area (Å²) in [4.78, 5) is 4.62. The Bertz CT molecular complexity index is 849. The van der Waals surface area contributed by atoms with Crippen LogP contribution < -0.4 is 0 Å². The van der Waals surface area contributed by atoms with Gasteiger partial charge in [-0.1, -0.05) is 11.6 Å². The molecule has 106 valence electrons. The summed E-state index contributed by atoms with van der Waals surface area (Å²) in [5.74, 6) is 0.668. The average Bonchev–Trinajstić information content (AvgIpc) is 3.22. The van der Waals surface area contributed by atoms with E-state index in [-0.39, 0.29) is 11.6 Å². The molecule has 2 aromatic carbocycles. The van der Waals surface area contributed by atoms with Crippen molar-refractivity contribution in [3.8, 4) is 17.1 Å². The molecule has 1 aliphatic carbocycles. The third kappa shape index (κ3) is 1.98. The van der Waals surface area contributed by atoms with Crippen LogP contribution >= 0.6 is 0 Å². The number of phenolic OH excluding ortho intramolecular Hbond substituents is 1. The molecule has 1 N–H and O–H groups in total. The van der Waals surface area contributed by atoms with Crippen LogP contribution in [-0.2, 0) is 0 Å². The van der Waals surface area contributed by atoms with Gasteiger partial charge in [-0.05, 0) is 50.1 Å². The summed E-state index contributed by atoms with van der Waals surface area (Å²) in [6.45, 7) is 1.98. The Morgan fingerprint density at radius 1 is 1.19 bits per heavy atom. The molecule has 0 radical (unpaired) electrons. The van der Waals surface area contributed by atoms with Crippen molar-refractivity contribution in [1.82, 2.24) is 9.55 Å². The summed E-state index contributed by atoms with van der Waals surface area (Å²) >= 11 is 0. The van der Waals surface area contributed by atoms with Crippen LogP contribution in [0.2, 0.25) is 0 Å². The maximum atomic E-state index is 13.6. The monoisotopic (exact) mass is 282 g/mol. The van der Waals surface area contributed by atoms with E-state index in [0.29, 0.717) is 11.6 Å². The lowest BCUT2D eigenvalue weighted by Crippen LogP contribution is -1.98. The lowest BCUT2D eigenvalue weighted by Gasteiger charge is -2.10. The predicted molar refractivity (Wildman–Crippen MR) is 79.8 cm³/mol. The minimum Gasteiger partial charge on any atom is -0.507 e. The van der Waals surface area contributed by atoms with Gasteiger partial charge in [0.2, 0.25) is 0 Å². The topological polar surface area (TPSA) is 38.1 Å². The molecule has 0 saturated heterocycles. The summed E-state index contributed by atoms with van der Waals surface area (Å²) in [5, 5.41) is 10.2. The molecule has 0 bridgehead atoms. The molecule has 21 heavy (non-hydrogen) atoms. The molecule has 4 rings (SSSR count). The largest absolute Gasteiger partial charge is 0.507 e. The van der Waals surface area contributed by atoms with Gasteiger partial charge in [-0.25, -0.2) is 9.37 Å². The van der Waals surface area contributed by atoms with E-state index in [1.54, 1.807) is 12.1 Å². The van der Waals surface area contributed by atoms with Gasteiger partial charge in [0.1, 0.15) is 17.4 Å². The Kier molecular flexibility index (Phi) is 2.55. The number of phenols is 1. The number of imidazole rings is 1. The second-order valence-electron chi connectivity index (χ2n) is 5.69. The van der Waals surface area contributed by atoms with E-state index in [1.165, 1.54) is 12.1 Å². The Morgan fingerprint density at radius 3 is 2.76 bits per heavy atom. The Hall–Kier alpha value is -2.36. The number of aromatic hydroxyl groups is 1. The second kappa shape index (κ2) is 4.32. The zero-order valence-electron chi connectivity index (χ0n) is 11.7. The summed E-state index contributed by atoms with van der Waals surface area (Å²) in [6.07, 6.45) is 2.14. The van der Waals surface area contributed by atoms with Crippen LogP contribution in [0.25, 0.3) is 22.4 Å². The van der Waals surface area contributed by atoms with E-state index < -0.39 is 0 Å². The lowest BCUT2D eigenvalue weighted by atomic mass is 10.1. The number of aryl methyl sites for hydroxylation is 1. The molecular formula is C17H15FN2O. The zero-order chi connectivity index (χ0) is 14.6. The Balaban J connectivity index is 2.04. The second-order valence-corrected chi connectivity index (χ2v) is 5.69. The minimum atomic E-state index is -0.260. The molecular weight excluding hydrogens is 267 g/mol. The van der Waals surface area contributed by atoms with E-state index in [4.69, 9.17) is 0 Å². The van der Waals surface area contributed by atoms with E-state index >= 15 is 0 Å². The number of nitrogens with zero attached hydrogens (tertiary/aromatic N) is 2. The highest BCUT2D eigenvalue weighted by Crippen LogP contribution is 2.43. The number of hydrogen-bond acceptors (Lipinski definition) is 2. The first-order chi connectivity index (χ1) is 10.1. The highest BCUT2D eigenvalue weighted by molar-refractivity contribution is 5.82. The van der Waals surface area contributed by atoms with Gasteiger partial charge in [0.25, 0.3) is 0 Å². The first-order valence-electron chi connectivity index (χ1n) is 7.11. The highest BCUT2D eigenvalue weighted by Gasteiger charge is 2.29. The van der Waals surface area contributed by atoms with Crippen LogP contribution in [0.15, 0.2) is 36.4 Å². The first-order valence-corrected chi connectivity index (χ1v) is 7.11. The number of benzene rings is 2. The van der Waals surface area contributed by atoms with Gasteiger partial charge in [0, 0.05) is 6.04 Å². The molecule has 0 atom stereocenters. The molecule has 3 aromatic rings. The van der Waals surface area contributed by atoms with E-state index in [9.17, 15) is 9.50 Å². The van der Waals surface area contributed by atoms with Gasteiger partial charge < -0.3 is 9.67 Å². The molecule has 0 amide bonds. The van der Waals surface area contributed by atoms with E-state index in [1.807, 2.05) is 19.1 Å². The number of halogens is 1. The molecule has 1 fully saturated rings. The fraction of sp³-hybridized carbons (Fsp3) is 0.235. The summed E-state index contributed by atoms with van der Waals surface area (Å²) < 4.78 is 15.6. The third-order valence-corrected chi connectivity index (χ3v) is 3.96. The molecule has 1 aromatic heterocycles. The fourth-order valence-electron chi connectivity index (χ4n) is 2.79. The first kappa shape index (κ1) is 12.4. The zero-order valence-corrected chi connectivity index (χ0v) is 11.7. The smallest absolute Gasteiger partial charge is 0.145 e. The van der Waals surface area contributed by atoms with Crippen molar-refractivity contribution in [3.05, 3.63) is 47.8 Å². The van der Waals surface area contributed by atoms with Crippen LogP contribution in [0, 0.1) is 12.7 Å². The van der Waals surface area contributed by atoms with Crippen molar-refractivity contribution in [2.45, 2.75) is 25.8 Å². The van der Waals surface area contributed by atoms with Crippen molar-refractivity contribution in [3.63, 3.8) is 0 Å². The number of rotatable bonds is 2. The van der Waals surface area contributed by atoms with Crippen LogP contribution in [0.5, 0.6) is 5.75 Å². The molecule has 1 heterocycles.